The summed E-state index contributed by atoms with van der Waals surface area (Å²) >= 11 is 7.32. The summed E-state index contributed by atoms with van der Waals surface area (Å²) in [6.45, 7) is 8.86. The zero-order valence-corrected chi connectivity index (χ0v) is 19.6. The Morgan fingerprint density at radius 1 is 0.621 bits per heavy atom. The number of hydrogen-bond donors (Lipinski definition) is 2. The van der Waals surface area contributed by atoms with Crippen LogP contribution in [0.15, 0.2) is 0 Å². The first-order chi connectivity index (χ1) is 13.3. The fourth-order valence-electron chi connectivity index (χ4n) is 2.15. The molecule has 0 saturated heterocycles. The summed E-state index contributed by atoms with van der Waals surface area (Å²) in [7, 11) is 0. The number of hydrogen-bond acceptors (Lipinski definition) is 7. The maximum absolute atomic E-state index is 11.7. The molecule has 0 N–H and O–H groups in total. The number of carbonyl (C=O) groups is 4. The molecule has 0 spiro atoms. The highest BCUT2D eigenvalue weighted by atomic mass is 32.1. The molecule has 9 heteroatoms. The van der Waals surface area contributed by atoms with Crippen molar-refractivity contribution in [3.63, 3.8) is 0 Å². The number of rotatable bonds is 16. The van der Waals surface area contributed by atoms with E-state index >= 15 is 0 Å². The summed E-state index contributed by atoms with van der Waals surface area (Å²) in [6, 6.07) is 0. The van der Waals surface area contributed by atoms with E-state index in [-0.39, 0.29) is 71.9 Å². The molecule has 0 fully saturated rings. The monoisotopic (exact) mass is 450 g/mol. The molecule has 0 saturated carbocycles. The molecule has 0 atom stereocenters. The van der Waals surface area contributed by atoms with Gasteiger partial charge in [0, 0.05) is 36.5 Å². The molecule has 0 bridgehead atoms. The first-order valence-electron chi connectivity index (χ1n) is 9.66. The predicted molar refractivity (Wildman–Crippen MR) is 116 cm³/mol. The van der Waals surface area contributed by atoms with Gasteiger partial charge in [0.05, 0.1) is 26.4 Å². The number of carbonyl (C=O) groups excluding carboxylic acids is 4. The molecular formula is C20H34O7S2. The largest absolute Gasteiger partial charge is 0.465 e. The van der Waals surface area contributed by atoms with Crippen molar-refractivity contribution < 1.29 is 33.4 Å². The van der Waals surface area contributed by atoms with Gasteiger partial charge in [-0.05, 0) is 12.8 Å². The van der Waals surface area contributed by atoms with Crippen molar-refractivity contribution in [3.8, 4) is 0 Å². The number of ether oxygens (including phenoxy) is 3. The summed E-state index contributed by atoms with van der Waals surface area (Å²) in [5, 5.41) is -0.486. The first-order valence-corrected chi connectivity index (χ1v) is 10.5. The zero-order chi connectivity index (χ0) is 22.5. The van der Waals surface area contributed by atoms with Crippen LogP contribution >= 0.6 is 25.3 Å². The molecule has 0 aromatic carbocycles. The van der Waals surface area contributed by atoms with Crippen LogP contribution < -0.4 is 0 Å². The lowest BCUT2D eigenvalue weighted by atomic mass is 9.94. The summed E-state index contributed by atoms with van der Waals surface area (Å²) in [4.78, 5) is 44.9. The number of esters is 2. The Bertz CT molecular complexity index is 511. The lowest BCUT2D eigenvalue weighted by Crippen LogP contribution is -2.32. The minimum absolute atomic E-state index is 0.184. The van der Waals surface area contributed by atoms with E-state index in [1.807, 2.05) is 27.7 Å². The maximum atomic E-state index is 11.7. The van der Waals surface area contributed by atoms with E-state index in [1.165, 1.54) is 0 Å². The van der Waals surface area contributed by atoms with Crippen molar-refractivity contribution in [2.45, 2.75) is 66.2 Å². The van der Waals surface area contributed by atoms with E-state index in [4.69, 9.17) is 14.2 Å². The normalized spacial score (nSPS) is 11.8. The van der Waals surface area contributed by atoms with Crippen molar-refractivity contribution >= 4 is 47.4 Å². The van der Waals surface area contributed by atoms with Gasteiger partial charge in [0.2, 0.25) is 0 Å². The van der Waals surface area contributed by atoms with Crippen LogP contribution in [0, 0.1) is 10.8 Å². The molecule has 7 nitrogen and oxygen atoms in total. The van der Waals surface area contributed by atoms with Gasteiger partial charge in [0.15, 0.2) is 10.2 Å². The molecule has 168 valence electrons. The van der Waals surface area contributed by atoms with Crippen LogP contribution in [0.4, 0.5) is 0 Å². The SMILES string of the molecule is CC(C)(COCC(C)(C)COC(=O)CCCC(=O)S)COC(=O)CCCC(=O)S. The van der Waals surface area contributed by atoms with Gasteiger partial charge in [0.1, 0.15) is 0 Å². The third-order valence-corrected chi connectivity index (χ3v) is 4.22. The Morgan fingerprint density at radius 3 is 1.28 bits per heavy atom. The topological polar surface area (TPSA) is 96.0 Å². The van der Waals surface area contributed by atoms with Crippen molar-refractivity contribution in [2.24, 2.45) is 10.8 Å². The van der Waals surface area contributed by atoms with Crippen LogP contribution in [0.2, 0.25) is 0 Å². The van der Waals surface area contributed by atoms with Crippen molar-refractivity contribution in [1.29, 1.82) is 0 Å². The highest BCUT2D eigenvalue weighted by Gasteiger charge is 2.25. The fraction of sp³-hybridized carbons (Fsp3) is 0.800. The Hall–Kier alpha value is -1.06. The second kappa shape index (κ2) is 14.0. The summed E-state index contributed by atoms with van der Waals surface area (Å²) in [5.74, 6) is -0.695. The van der Waals surface area contributed by atoms with Gasteiger partial charge in [0.25, 0.3) is 0 Å². The van der Waals surface area contributed by atoms with Crippen LogP contribution in [0.25, 0.3) is 0 Å². The first kappa shape index (κ1) is 27.9. The Morgan fingerprint density at radius 2 is 0.966 bits per heavy atom. The third kappa shape index (κ3) is 17.5. The molecule has 0 aromatic heterocycles. The standard InChI is InChI=1S/C20H34O7S2/c1-19(2,13-26-15(21)7-5-9-17(23)28)11-25-12-20(3,4)14-27-16(22)8-6-10-18(24)29/h5-14H2,1-4H3,(H,23,28)(H,24,29). The molecule has 0 heterocycles. The summed E-state index contributed by atoms with van der Waals surface area (Å²) < 4.78 is 16.3. The van der Waals surface area contributed by atoms with Crippen molar-refractivity contribution in [1.82, 2.24) is 0 Å². The van der Waals surface area contributed by atoms with E-state index in [0.717, 1.165) is 0 Å². The van der Waals surface area contributed by atoms with E-state index in [2.05, 4.69) is 25.3 Å². The molecule has 0 aromatic rings. The average molecular weight is 451 g/mol. The van der Waals surface area contributed by atoms with E-state index in [9.17, 15) is 19.2 Å². The molecule has 0 aliphatic carbocycles. The second-order valence-electron chi connectivity index (χ2n) is 8.64. The molecule has 0 aliphatic heterocycles. The van der Waals surface area contributed by atoms with Gasteiger partial charge >= 0.3 is 11.9 Å². The van der Waals surface area contributed by atoms with E-state index in [0.29, 0.717) is 26.1 Å². The minimum atomic E-state index is -0.374. The summed E-state index contributed by atoms with van der Waals surface area (Å²) in [5.41, 5.74) is -0.748. The van der Waals surface area contributed by atoms with E-state index in [1.54, 1.807) is 0 Å². The van der Waals surface area contributed by atoms with Gasteiger partial charge in [-0.3, -0.25) is 19.2 Å². The quantitative estimate of drug-likeness (QED) is 0.275. The van der Waals surface area contributed by atoms with Gasteiger partial charge < -0.3 is 14.2 Å². The highest BCUT2D eigenvalue weighted by Crippen LogP contribution is 2.21. The molecule has 0 amide bonds. The van der Waals surface area contributed by atoms with E-state index < -0.39 is 0 Å². The Balaban J connectivity index is 4.06. The third-order valence-electron chi connectivity index (χ3n) is 3.78. The minimum Gasteiger partial charge on any atom is -0.465 e. The van der Waals surface area contributed by atoms with Crippen LogP contribution in [-0.2, 0) is 33.4 Å². The van der Waals surface area contributed by atoms with Crippen LogP contribution in [0.1, 0.15) is 66.2 Å². The van der Waals surface area contributed by atoms with Crippen molar-refractivity contribution in [2.75, 3.05) is 26.4 Å². The van der Waals surface area contributed by atoms with Crippen molar-refractivity contribution in [3.05, 3.63) is 0 Å². The Labute approximate surface area is 184 Å². The van der Waals surface area contributed by atoms with Crippen LogP contribution in [0.3, 0.4) is 0 Å². The predicted octanol–water partition coefficient (Wildman–Crippen LogP) is 3.40. The van der Waals surface area contributed by atoms with Gasteiger partial charge in [-0.2, -0.15) is 0 Å². The molecule has 0 aliphatic rings. The van der Waals surface area contributed by atoms with Gasteiger partial charge in [-0.15, -0.1) is 25.3 Å². The zero-order valence-electron chi connectivity index (χ0n) is 17.8. The smallest absolute Gasteiger partial charge is 0.305 e. The van der Waals surface area contributed by atoms with Crippen LogP contribution in [0.5, 0.6) is 0 Å². The molecule has 29 heavy (non-hydrogen) atoms. The second-order valence-corrected chi connectivity index (χ2v) is 9.63. The maximum Gasteiger partial charge on any atom is 0.305 e. The molecule has 0 unspecified atom stereocenters. The average Bonchev–Trinajstić information content (AvgIpc) is 2.57. The number of thiol groups is 2. The molecule has 0 radical (unpaired) electrons. The fourth-order valence-corrected chi connectivity index (χ4v) is 2.47. The molecule has 0 rings (SSSR count). The van der Waals surface area contributed by atoms with Gasteiger partial charge in [-0.25, -0.2) is 0 Å². The lowest BCUT2D eigenvalue weighted by Gasteiger charge is -2.28. The van der Waals surface area contributed by atoms with Gasteiger partial charge in [-0.1, -0.05) is 27.7 Å². The Kier molecular flexibility index (Phi) is 13.5. The van der Waals surface area contributed by atoms with Crippen LogP contribution in [-0.4, -0.2) is 48.6 Å². The lowest BCUT2D eigenvalue weighted by molar-refractivity contribution is -0.149. The summed E-state index contributed by atoms with van der Waals surface area (Å²) in [6.07, 6.45) is 1.72. The molecular weight excluding hydrogens is 416 g/mol. The highest BCUT2D eigenvalue weighted by molar-refractivity contribution is 7.96.